The minimum atomic E-state index is 0. The highest BCUT2D eigenvalue weighted by Gasteiger charge is 2.08. The van der Waals surface area contributed by atoms with Crippen LogP contribution in [0.3, 0.4) is 0 Å². The van der Waals surface area contributed by atoms with Crippen LogP contribution in [0.4, 0.5) is 0 Å². The summed E-state index contributed by atoms with van der Waals surface area (Å²) in [5.74, 6) is 0.901. The molecule has 1 N–H and O–H groups in total. The Hall–Kier alpha value is -1.60. The van der Waals surface area contributed by atoms with Gasteiger partial charge in [0.15, 0.2) is 5.96 Å². The molecule has 0 aliphatic heterocycles. The van der Waals surface area contributed by atoms with Crippen molar-refractivity contribution < 1.29 is 0 Å². The van der Waals surface area contributed by atoms with E-state index < -0.39 is 0 Å². The van der Waals surface area contributed by atoms with Crippen molar-refractivity contribution in [1.82, 2.24) is 15.1 Å². The molecule has 0 aliphatic carbocycles. The highest BCUT2D eigenvalue weighted by atomic mass is 127. The van der Waals surface area contributed by atoms with Gasteiger partial charge < -0.3 is 15.1 Å². The molecule has 2 aromatic rings. The Balaban J connectivity index is 0.00000312. The van der Waals surface area contributed by atoms with Gasteiger partial charge in [0.2, 0.25) is 0 Å². The number of nitrogens with one attached hydrogen (secondary N) is 1. The van der Waals surface area contributed by atoms with Gasteiger partial charge in [-0.1, -0.05) is 54.6 Å². The molecule has 0 amide bonds. The number of benzene rings is 2. The number of guanidine groups is 1. The molecule has 0 heterocycles. The Bertz CT molecular complexity index is 656. The summed E-state index contributed by atoms with van der Waals surface area (Å²) in [6.07, 6.45) is 0. The summed E-state index contributed by atoms with van der Waals surface area (Å²) in [4.78, 5) is 8.74. The molecule has 0 aliphatic rings. The Kier molecular flexibility index (Phi) is 9.52. The fourth-order valence-corrected chi connectivity index (χ4v) is 2.72. The summed E-state index contributed by atoms with van der Waals surface area (Å²) in [7, 11) is 8.08. The third kappa shape index (κ3) is 7.04. The molecule has 0 aromatic heterocycles. The van der Waals surface area contributed by atoms with Crippen molar-refractivity contribution in [2.45, 2.75) is 19.6 Å². The molecule has 0 unspecified atom stereocenters. The Morgan fingerprint density at radius 3 is 2.08 bits per heavy atom. The maximum Gasteiger partial charge on any atom is 0.193 e. The van der Waals surface area contributed by atoms with Gasteiger partial charge in [0.25, 0.3) is 0 Å². The normalized spacial score (nSPS) is 11.2. The van der Waals surface area contributed by atoms with Crippen LogP contribution in [-0.2, 0) is 19.6 Å². The van der Waals surface area contributed by atoms with Crippen molar-refractivity contribution >= 4 is 29.9 Å². The lowest BCUT2D eigenvalue weighted by Crippen LogP contribution is -2.38. The number of rotatable bonds is 6. The highest BCUT2D eigenvalue weighted by Crippen LogP contribution is 2.11. The molecule has 0 bridgehead atoms. The number of nitrogens with zero attached hydrogens (tertiary/aromatic N) is 3. The topological polar surface area (TPSA) is 30.9 Å². The van der Waals surface area contributed by atoms with Crippen LogP contribution in [0.2, 0.25) is 0 Å². The van der Waals surface area contributed by atoms with Crippen molar-refractivity contribution in [1.29, 1.82) is 0 Å². The van der Waals surface area contributed by atoms with Gasteiger partial charge in [-0.3, -0.25) is 4.99 Å². The van der Waals surface area contributed by atoms with Crippen LogP contribution in [-0.4, -0.2) is 44.0 Å². The third-order valence-electron chi connectivity index (χ3n) is 3.88. The highest BCUT2D eigenvalue weighted by molar-refractivity contribution is 14.0. The van der Waals surface area contributed by atoms with E-state index in [4.69, 9.17) is 0 Å². The smallest absolute Gasteiger partial charge is 0.193 e. The van der Waals surface area contributed by atoms with E-state index in [0.29, 0.717) is 0 Å². The summed E-state index contributed by atoms with van der Waals surface area (Å²) in [6.45, 7) is 2.55. The molecule has 5 heteroatoms. The maximum absolute atomic E-state index is 4.41. The molecule has 0 saturated heterocycles. The number of hydrogen-bond acceptors (Lipinski definition) is 2. The Labute approximate surface area is 169 Å². The fourth-order valence-electron chi connectivity index (χ4n) is 2.72. The van der Waals surface area contributed by atoms with Crippen LogP contribution >= 0.6 is 24.0 Å². The summed E-state index contributed by atoms with van der Waals surface area (Å²) in [5, 5.41) is 3.48. The molecule has 2 aromatic carbocycles. The zero-order valence-corrected chi connectivity index (χ0v) is 17.9. The molecule has 136 valence electrons. The average Bonchev–Trinajstić information content (AvgIpc) is 2.57. The van der Waals surface area contributed by atoms with Gasteiger partial charge in [0.1, 0.15) is 0 Å². The van der Waals surface area contributed by atoms with Crippen LogP contribution in [0.25, 0.3) is 0 Å². The predicted molar refractivity (Wildman–Crippen MR) is 117 cm³/mol. The molecule has 2 rings (SSSR count). The van der Waals surface area contributed by atoms with Crippen molar-refractivity contribution in [3.05, 3.63) is 71.3 Å². The lowest BCUT2D eigenvalue weighted by molar-refractivity contribution is 0.400. The molecule has 0 saturated carbocycles. The first-order valence-electron chi connectivity index (χ1n) is 8.27. The van der Waals surface area contributed by atoms with E-state index in [0.717, 1.165) is 25.6 Å². The lowest BCUT2D eigenvalue weighted by atomic mass is 10.1. The van der Waals surface area contributed by atoms with Crippen molar-refractivity contribution in [3.63, 3.8) is 0 Å². The summed E-state index contributed by atoms with van der Waals surface area (Å²) < 4.78 is 0. The predicted octanol–water partition coefficient (Wildman–Crippen LogP) is 3.57. The van der Waals surface area contributed by atoms with E-state index >= 15 is 0 Å². The second-order valence-corrected chi connectivity index (χ2v) is 6.25. The second-order valence-electron chi connectivity index (χ2n) is 6.25. The second kappa shape index (κ2) is 11.1. The summed E-state index contributed by atoms with van der Waals surface area (Å²) in [5.41, 5.74) is 3.92. The molecule has 0 radical (unpaired) electrons. The molecule has 0 atom stereocenters. The van der Waals surface area contributed by atoms with E-state index in [1.54, 1.807) is 0 Å². The van der Waals surface area contributed by atoms with Gasteiger partial charge in [0, 0.05) is 33.7 Å². The summed E-state index contributed by atoms with van der Waals surface area (Å²) in [6, 6.07) is 19.0. The van der Waals surface area contributed by atoms with Crippen molar-refractivity contribution in [2.75, 3.05) is 28.2 Å². The van der Waals surface area contributed by atoms with E-state index in [1.165, 1.54) is 16.7 Å². The third-order valence-corrected chi connectivity index (χ3v) is 3.88. The number of aliphatic imine (C=N–C) groups is 1. The van der Waals surface area contributed by atoms with Gasteiger partial charge in [-0.15, -0.1) is 24.0 Å². The van der Waals surface area contributed by atoms with E-state index in [-0.39, 0.29) is 24.0 Å². The molecule has 0 spiro atoms. The average molecular weight is 452 g/mol. The van der Waals surface area contributed by atoms with Crippen molar-refractivity contribution in [2.24, 2.45) is 4.99 Å². The standard InChI is InChI=1S/C20H28N4.HI/c1-21-20(24(4)15-17-10-6-5-7-11-17)22-14-18-12-8-9-13-19(18)16-23(2)3;/h5-13H,14-16H2,1-4H3,(H,21,22);1H. The first kappa shape index (κ1) is 21.4. The Morgan fingerprint density at radius 2 is 1.48 bits per heavy atom. The zero-order chi connectivity index (χ0) is 17.4. The van der Waals surface area contributed by atoms with Gasteiger partial charge in [-0.25, -0.2) is 0 Å². The molecule has 25 heavy (non-hydrogen) atoms. The monoisotopic (exact) mass is 452 g/mol. The van der Waals surface area contributed by atoms with Crippen LogP contribution in [0.1, 0.15) is 16.7 Å². The maximum atomic E-state index is 4.41. The molecule has 0 fully saturated rings. The number of hydrogen-bond donors (Lipinski definition) is 1. The first-order valence-corrected chi connectivity index (χ1v) is 8.27. The van der Waals surface area contributed by atoms with Gasteiger partial charge in [-0.05, 0) is 30.8 Å². The minimum Gasteiger partial charge on any atom is -0.352 e. The molecule has 4 nitrogen and oxygen atoms in total. The SMILES string of the molecule is CN=C(NCc1ccccc1CN(C)C)N(C)Cc1ccccc1.I. The molecular weight excluding hydrogens is 423 g/mol. The van der Waals surface area contributed by atoms with Crippen molar-refractivity contribution in [3.8, 4) is 0 Å². The van der Waals surface area contributed by atoms with E-state index in [2.05, 4.69) is 89.8 Å². The van der Waals surface area contributed by atoms with Gasteiger partial charge >= 0.3 is 0 Å². The zero-order valence-electron chi connectivity index (χ0n) is 15.6. The Morgan fingerprint density at radius 1 is 0.880 bits per heavy atom. The van der Waals surface area contributed by atoms with Crippen LogP contribution in [0.5, 0.6) is 0 Å². The first-order chi connectivity index (χ1) is 11.6. The fraction of sp³-hybridized carbons (Fsp3) is 0.350. The minimum absolute atomic E-state index is 0. The van der Waals surface area contributed by atoms with Gasteiger partial charge in [0.05, 0.1) is 0 Å². The van der Waals surface area contributed by atoms with E-state index in [9.17, 15) is 0 Å². The van der Waals surface area contributed by atoms with Crippen LogP contribution in [0, 0.1) is 0 Å². The van der Waals surface area contributed by atoms with E-state index in [1.807, 2.05) is 13.1 Å². The van der Waals surface area contributed by atoms with Gasteiger partial charge in [-0.2, -0.15) is 0 Å². The quantitative estimate of drug-likeness (QED) is 0.413. The van der Waals surface area contributed by atoms with Crippen LogP contribution < -0.4 is 5.32 Å². The van der Waals surface area contributed by atoms with Crippen LogP contribution in [0.15, 0.2) is 59.6 Å². The number of halogens is 1. The lowest BCUT2D eigenvalue weighted by Gasteiger charge is -2.23. The summed E-state index contributed by atoms with van der Waals surface area (Å²) >= 11 is 0. The largest absolute Gasteiger partial charge is 0.352 e. The molecular formula is C20H29IN4.